The molecule has 0 radical (unpaired) electrons. The number of ether oxygens (including phenoxy) is 1. The highest BCUT2D eigenvalue weighted by Gasteiger charge is 2.25. The number of carbonyl (C=O) groups is 1. The van der Waals surface area contributed by atoms with Crippen LogP contribution in [0.2, 0.25) is 0 Å². The van der Waals surface area contributed by atoms with Gasteiger partial charge < -0.3 is 9.64 Å². The Bertz CT molecular complexity index is 513. The van der Waals surface area contributed by atoms with Gasteiger partial charge in [-0.15, -0.1) is 0 Å². The number of amides is 1. The zero-order chi connectivity index (χ0) is 14.0. The smallest absolute Gasteiger partial charge is 0.220 e. The van der Waals surface area contributed by atoms with Crippen LogP contribution in [0.25, 0.3) is 5.70 Å². The van der Waals surface area contributed by atoms with Gasteiger partial charge in [0, 0.05) is 12.5 Å². The molecule has 0 aliphatic carbocycles. The van der Waals surface area contributed by atoms with E-state index in [1.54, 1.807) is 11.8 Å². The minimum atomic E-state index is -0.0681. The van der Waals surface area contributed by atoms with Crippen molar-refractivity contribution in [1.29, 1.82) is 0 Å². The van der Waals surface area contributed by atoms with Crippen LogP contribution < -0.4 is 10.2 Å². The Morgan fingerprint density at radius 1 is 1.58 bits per heavy atom. The molecular formula is C14H18N2O3. The van der Waals surface area contributed by atoms with E-state index in [4.69, 9.17) is 9.94 Å². The standard InChI is InChI=1S/C14H18N2O3/c1-9(15-18)12-4-5-14-13(8-12)10(2)16(11(3)17)6-7-19-14/h4-5,8,10,15,18H,1,6-7H2,2-3H3. The van der Waals surface area contributed by atoms with Crippen molar-refractivity contribution in [1.82, 2.24) is 10.4 Å². The molecule has 2 N–H and O–H groups in total. The fraction of sp³-hybridized carbons (Fsp3) is 0.357. The Morgan fingerprint density at radius 3 is 2.95 bits per heavy atom. The fourth-order valence-corrected chi connectivity index (χ4v) is 2.30. The molecule has 1 aromatic rings. The van der Waals surface area contributed by atoms with Crippen molar-refractivity contribution in [3.63, 3.8) is 0 Å². The lowest BCUT2D eigenvalue weighted by Crippen LogP contribution is -2.33. The second kappa shape index (κ2) is 5.32. The highest BCUT2D eigenvalue weighted by atomic mass is 16.5. The Hall–Kier alpha value is -2.01. The monoisotopic (exact) mass is 262 g/mol. The number of nitrogens with one attached hydrogen (secondary N) is 1. The second-order valence-electron chi connectivity index (χ2n) is 4.58. The van der Waals surface area contributed by atoms with E-state index < -0.39 is 0 Å². The Morgan fingerprint density at radius 2 is 2.32 bits per heavy atom. The van der Waals surface area contributed by atoms with Gasteiger partial charge in [0.1, 0.15) is 12.4 Å². The van der Waals surface area contributed by atoms with Crippen LogP contribution >= 0.6 is 0 Å². The third-order valence-corrected chi connectivity index (χ3v) is 3.41. The lowest BCUT2D eigenvalue weighted by atomic mass is 10.0. The molecule has 0 aromatic heterocycles. The van der Waals surface area contributed by atoms with Crippen LogP contribution in [0, 0.1) is 0 Å². The Labute approximate surface area is 112 Å². The van der Waals surface area contributed by atoms with Crippen LogP contribution in [0.1, 0.15) is 31.0 Å². The predicted molar refractivity (Wildman–Crippen MR) is 71.7 cm³/mol. The van der Waals surface area contributed by atoms with Gasteiger partial charge in [-0.2, -0.15) is 0 Å². The largest absolute Gasteiger partial charge is 0.491 e. The van der Waals surface area contributed by atoms with Gasteiger partial charge in [-0.3, -0.25) is 15.5 Å². The van der Waals surface area contributed by atoms with Crippen LogP contribution in [0.5, 0.6) is 5.75 Å². The first-order chi connectivity index (χ1) is 9.04. The van der Waals surface area contributed by atoms with Crippen molar-refractivity contribution in [3.8, 4) is 5.75 Å². The summed E-state index contributed by atoms with van der Waals surface area (Å²) in [7, 11) is 0. The summed E-state index contributed by atoms with van der Waals surface area (Å²) in [4.78, 5) is 13.4. The van der Waals surface area contributed by atoms with E-state index >= 15 is 0 Å². The maximum Gasteiger partial charge on any atom is 0.220 e. The maximum atomic E-state index is 11.6. The molecule has 0 fully saturated rings. The average molecular weight is 262 g/mol. The molecule has 1 amide bonds. The molecule has 1 aliphatic rings. The molecule has 0 spiro atoms. The molecule has 0 saturated heterocycles. The number of nitrogens with zero attached hydrogens (tertiary/aromatic N) is 1. The lowest BCUT2D eigenvalue weighted by Gasteiger charge is -2.26. The van der Waals surface area contributed by atoms with Crippen LogP contribution in [-0.4, -0.2) is 29.2 Å². The third kappa shape index (κ3) is 2.56. The SMILES string of the molecule is C=C(NO)c1ccc2c(c1)C(C)N(C(C)=O)CCO2. The molecule has 1 heterocycles. The molecule has 1 aromatic carbocycles. The van der Waals surface area contributed by atoms with Gasteiger partial charge in [0.2, 0.25) is 5.91 Å². The van der Waals surface area contributed by atoms with Gasteiger partial charge >= 0.3 is 0 Å². The molecule has 1 aliphatic heterocycles. The summed E-state index contributed by atoms with van der Waals surface area (Å²) < 4.78 is 5.66. The number of carbonyl (C=O) groups excluding carboxylic acids is 1. The molecule has 5 heteroatoms. The Balaban J connectivity index is 2.43. The molecule has 1 unspecified atom stereocenters. The first kappa shape index (κ1) is 13.4. The van der Waals surface area contributed by atoms with Crippen molar-refractivity contribution in [2.24, 2.45) is 0 Å². The van der Waals surface area contributed by atoms with Crippen LogP contribution in [-0.2, 0) is 4.79 Å². The molecule has 0 bridgehead atoms. The summed E-state index contributed by atoms with van der Waals surface area (Å²) in [5, 5.41) is 8.91. The zero-order valence-electron chi connectivity index (χ0n) is 11.1. The minimum absolute atomic E-state index is 0.0217. The molecule has 1 atom stereocenters. The molecule has 102 valence electrons. The van der Waals surface area contributed by atoms with Crippen LogP contribution in [0.15, 0.2) is 24.8 Å². The van der Waals surface area contributed by atoms with Crippen molar-refractivity contribution in [2.45, 2.75) is 19.9 Å². The van der Waals surface area contributed by atoms with Gasteiger partial charge in [0.15, 0.2) is 0 Å². The summed E-state index contributed by atoms with van der Waals surface area (Å²) in [6, 6.07) is 5.47. The number of hydrogen-bond donors (Lipinski definition) is 2. The first-order valence-corrected chi connectivity index (χ1v) is 6.18. The van der Waals surface area contributed by atoms with Gasteiger partial charge in [0.25, 0.3) is 0 Å². The van der Waals surface area contributed by atoms with Gasteiger partial charge in [0.05, 0.1) is 18.3 Å². The van der Waals surface area contributed by atoms with E-state index in [1.807, 2.05) is 30.6 Å². The Kier molecular flexibility index (Phi) is 3.76. The first-order valence-electron chi connectivity index (χ1n) is 6.18. The van der Waals surface area contributed by atoms with Crippen molar-refractivity contribution >= 4 is 11.6 Å². The molecule has 5 nitrogen and oxygen atoms in total. The van der Waals surface area contributed by atoms with E-state index in [0.29, 0.717) is 18.8 Å². The molecule has 2 rings (SSSR count). The van der Waals surface area contributed by atoms with Gasteiger partial charge in [-0.1, -0.05) is 6.58 Å². The average Bonchev–Trinajstić information content (AvgIpc) is 2.57. The number of benzene rings is 1. The molecule has 0 saturated carbocycles. The number of hydrogen-bond acceptors (Lipinski definition) is 4. The summed E-state index contributed by atoms with van der Waals surface area (Å²) in [6.45, 7) is 8.28. The van der Waals surface area contributed by atoms with Crippen molar-refractivity contribution in [3.05, 3.63) is 35.9 Å². The van der Waals surface area contributed by atoms with Crippen LogP contribution in [0.4, 0.5) is 0 Å². The quantitative estimate of drug-likeness (QED) is 0.800. The van der Waals surface area contributed by atoms with Gasteiger partial charge in [-0.25, -0.2) is 0 Å². The third-order valence-electron chi connectivity index (χ3n) is 3.41. The van der Waals surface area contributed by atoms with E-state index in [9.17, 15) is 4.79 Å². The van der Waals surface area contributed by atoms with E-state index in [-0.39, 0.29) is 11.9 Å². The topological polar surface area (TPSA) is 61.8 Å². The number of fused-ring (bicyclic) bond motifs is 1. The number of hydroxylamine groups is 1. The maximum absolute atomic E-state index is 11.6. The van der Waals surface area contributed by atoms with Crippen LogP contribution in [0.3, 0.4) is 0 Å². The number of rotatable bonds is 2. The highest BCUT2D eigenvalue weighted by molar-refractivity contribution is 5.74. The lowest BCUT2D eigenvalue weighted by molar-refractivity contribution is -0.131. The summed E-state index contributed by atoms with van der Waals surface area (Å²) in [5.74, 6) is 0.791. The van der Waals surface area contributed by atoms with Gasteiger partial charge in [-0.05, 0) is 30.7 Å². The van der Waals surface area contributed by atoms with E-state index in [1.165, 1.54) is 0 Å². The summed E-state index contributed by atoms with van der Waals surface area (Å²) in [6.07, 6.45) is 0. The summed E-state index contributed by atoms with van der Waals surface area (Å²) in [5.41, 5.74) is 4.13. The van der Waals surface area contributed by atoms with E-state index in [2.05, 4.69) is 6.58 Å². The van der Waals surface area contributed by atoms with Crippen molar-refractivity contribution in [2.75, 3.05) is 13.2 Å². The predicted octanol–water partition coefficient (Wildman–Crippen LogP) is 1.94. The summed E-state index contributed by atoms with van der Waals surface area (Å²) >= 11 is 0. The fourth-order valence-electron chi connectivity index (χ4n) is 2.30. The molecular weight excluding hydrogens is 244 g/mol. The van der Waals surface area contributed by atoms with E-state index in [0.717, 1.165) is 16.9 Å². The zero-order valence-corrected chi connectivity index (χ0v) is 11.1. The minimum Gasteiger partial charge on any atom is -0.491 e. The normalized spacial score (nSPS) is 18.1. The van der Waals surface area contributed by atoms with Crippen molar-refractivity contribution < 1.29 is 14.7 Å². The second-order valence-corrected chi connectivity index (χ2v) is 4.58. The molecule has 19 heavy (non-hydrogen) atoms. The highest BCUT2D eigenvalue weighted by Crippen LogP contribution is 2.33.